The number of fused-ring (bicyclic) bond motifs is 8. The molecule has 0 atom stereocenters. The highest BCUT2D eigenvalue weighted by Crippen LogP contribution is 2.43. The van der Waals surface area contributed by atoms with Crippen molar-refractivity contribution in [1.29, 1.82) is 0 Å². The number of benzene rings is 11. The molecular formula is C60H40N2. The van der Waals surface area contributed by atoms with Crippen LogP contribution < -0.4 is 4.90 Å². The number of hydrogen-bond donors (Lipinski definition) is 0. The summed E-state index contributed by atoms with van der Waals surface area (Å²) in [6.45, 7) is 0. The van der Waals surface area contributed by atoms with E-state index in [0.29, 0.717) is 0 Å². The second-order valence-corrected chi connectivity index (χ2v) is 16.2. The minimum Gasteiger partial charge on any atom is -0.310 e. The van der Waals surface area contributed by atoms with E-state index in [0.717, 1.165) is 28.3 Å². The number of anilines is 3. The Hall–Kier alpha value is -8.20. The molecule has 0 aliphatic rings. The van der Waals surface area contributed by atoms with Crippen LogP contribution in [0.25, 0.3) is 93.2 Å². The fourth-order valence-corrected chi connectivity index (χ4v) is 9.52. The van der Waals surface area contributed by atoms with E-state index in [2.05, 4.69) is 252 Å². The monoisotopic (exact) mass is 788 g/mol. The van der Waals surface area contributed by atoms with E-state index in [-0.39, 0.29) is 0 Å². The first-order valence-corrected chi connectivity index (χ1v) is 21.3. The molecule has 12 rings (SSSR count). The first-order valence-electron chi connectivity index (χ1n) is 21.3. The van der Waals surface area contributed by atoms with Gasteiger partial charge in [0.1, 0.15) is 0 Å². The zero-order valence-electron chi connectivity index (χ0n) is 34.0. The molecule has 2 nitrogen and oxygen atoms in total. The topological polar surface area (TPSA) is 8.17 Å². The Balaban J connectivity index is 1.04. The molecule has 0 amide bonds. The van der Waals surface area contributed by atoms with E-state index in [1.807, 2.05) is 0 Å². The van der Waals surface area contributed by atoms with Crippen molar-refractivity contribution in [3.05, 3.63) is 243 Å². The first kappa shape index (κ1) is 35.7. The molecule has 0 saturated carbocycles. The van der Waals surface area contributed by atoms with Gasteiger partial charge in [-0.15, -0.1) is 0 Å². The maximum absolute atomic E-state index is 2.44. The van der Waals surface area contributed by atoms with Crippen molar-refractivity contribution in [2.75, 3.05) is 4.90 Å². The van der Waals surface area contributed by atoms with Crippen LogP contribution in [-0.4, -0.2) is 4.57 Å². The first-order chi connectivity index (χ1) is 30.7. The van der Waals surface area contributed by atoms with E-state index < -0.39 is 0 Å². The van der Waals surface area contributed by atoms with Crippen molar-refractivity contribution in [2.24, 2.45) is 0 Å². The summed E-state index contributed by atoms with van der Waals surface area (Å²) in [5.74, 6) is 0. The molecule has 2 heteroatoms. The van der Waals surface area contributed by atoms with Crippen molar-refractivity contribution in [1.82, 2.24) is 4.57 Å². The minimum absolute atomic E-state index is 1.09. The molecule has 0 fully saturated rings. The van der Waals surface area contributed by atoms with E-state index in [4.69, 9.17) is 0 Å². The number of hydrogen-bond acceptors (Lipinski definition) is 1. The highest BCUT2D eigenvalue weighted by atomic mass is 15.1. The summed E-state index contributed by atoms with van der Waals surface area (Å²) in [5.41, 5.74) is 13.9. The average molecular weight is 789 g/mol. The van der Waals surface area contributed by atoms with Gasteiger partial charge in [0, 0.05) is 38.9 Å². The van der Waals surface area contributed by atoms with Gasteiger partial charge >= 0.3 is 0 Å². The van der Waals surface area contributed by atoms with Crippen molar-refractivity contribution in [3.8, 4) is 39.1 Å². The lowest BCUT2D eigenvalue weighted by atomic mass is 9.96. The predicted octanol–water partition coefficient (Wildman–Crippen LogP) is 16.7. The van der Waals surface area contributed by atoms with Crippen LogP contribution in [0, 0.1) is 0 Å². The summed E-state index contributed by atoms with van der Waals surface area (Å²) in [6.07, 6.45) is 0. The van der Waals surface area contributed by atoms with Crippen LogP contribution in [0.1, 0.15) is 0 Å². The van der Waals surface area contributed by atoms with E-state index in [9.17, 15) is 0 Å². The molecule has 1 aromatic heterocycles. The lowest BCUT2D eigenvalue weighted by molar-refractivity contribution is 1.19. The zero-order chi connectivity index (χ0) is 41.0. The Bertz CT molecular complexity index is 3550. The Kier molecular flexibility index (Phi) is 8.53. The van der Waals surface area contributed by atoms with E-state index >= 15 is 0 Å². The van der Waals surface area contributed by atoms with Gasteiger partial charge in [-0.3, -0.25) is 0 Å². The minimum atomic E-state index is 1.09. The lowest BCUT2D eigenvalue weighted by Crippen LogP contribution is -2.10. The summed E-state index contributed by atoms with van der Waals surface area (Å²) in [5, 5.41) is 9.95. The third-order valence-corrected chi connectivity index (χ3v) is 12.5. The Morgan fingerprint density at radius 1 is 0.258 bits per heavy atom. The highest BCUT2D eigenvalue weighted by Gasteiger charge is 2.19. The van der Waals surface area contributed by atoms with Gasteiger partial charge in [-0.2, -0.15) is 0 Å². The molecule has 0 saturated heterocycles. The third-order valence-electron chi connectivity index (χ3n) is 12.5. The SMILES string of the molecule is c1ccc(-c2cc(-c3ccccc3)cc(N(c3ccc(-c4ccc5c6ccc7ccccc7c6n(-c6ccccc6)c5c4)cc3)c3ccc4ccc5ccccc5c4c3)c2)cc1. The molecular weight excluding hydrogens is 749 g/mol. The van der Waals surface area contributed by atoms with Crippen LogP contribution in [0.2, 0.25) is 0 Å². The van der Waals surface area contributed by atoms with Crippen molar-refractivity contribution >= 4 is 71.2 Å². The van der Waals surface area contributed by atoms with Crippen LogP contribution in [0.4, 0.5) is 17.1 Å². The van der Waals surface area contributed by atoms with Gasteiger partial charge in [0.05, 0.1) is 11.0 Å². The molecule has 11 aromatic carbocycles. The molecule has 0 N–H and O–H groups in total. The largest absolute Gasteiger partial charge is 0.310 e. The summed E-state index contributed by atoms with van der Waals surface area (Å²) in [4.78, 5) is 2.42. The van der Waals surface area contributed by atoms with Gasteiger partial charge in [0.15, 0.2) is 0 Å². The molecule has 290 valence electrons. The van der Waals surface area contributed by atoms with E-state index in [1.54, 1.807) is 0 Å². The highest BCUT2D eigenvalue weighted by molar-refractivity contribution is 6.19. The fraction of sp³-hybridized carbons (Fsp3) is 0. The van der Waals surface area contributed by atoms with Gasteiger partial charge in [0.2, 0.25) is 0 Å². The third kappa shape index (κ3) is 6.12. The molecule has 62 heavy (non-hydrogen) atoms. The second-order valence-electron chi connectivity index (χ2n) is 16.2. The van der Waals surface area contributed by atoms with Crippen LogP contribution >= 0.6 is 0 Å². The molecule has 0 radical (unpaired) electrons. The van der Waals surface area contributed by atoms with Gasteiger partial charge in [-0.1, -0.05) is 182 Å². The summed E-state index contributed by atoms with van der Waals surface area (Å²) in [7, 11) is 0. The van der Waals surface area contributed by atoms with Crippen LogP contribution in [0.3, 0.4) is 0 Å². The molecule has 0 aliphatic heterocycles. The smallest absolute Gasteiger partial charge is 0.0619 e. The normalized spacial score (nSPS) is 11.5. The number of rotatable bonds is 7. The van der Waals surface area contributed by atoms with Gasteiger partial charge in [-0.05, 0) is 121 Å². The fourth-order valence-electron chi connectivity index (χ4n) is 9.52. The summed E-state index contributed by atoms with van der Waals surface area (Å²) >= 11 is 0. The van der Waals surface area contributed by atoms with Gasteiger partial charge in [0.25, 0.3) is 0 Å². The maximum Gasteiger partial charge on any atom is 0.0619 e. The number of nitrogens with zero attached hydrogens (tertiary/aromatic N) is 2. The molecule has 0 aliphatic carbocycles. The molecule has 12 aromatic rings. The maximum atomic E-state index is 2.44. The standard InChI is InChI=1S/C60H40N2/c1-4-14-41(15-5-1)48-36-49(42-16-6-2-7-17-42)38-53(37-48)61(52-33-28-46-25-24-44-18-10-12-22-54(44)58(46)40-52)51-31-26-43(27-32-51)47-30-34-56-57-35-29-45-19-11-13-23-55(45)60(57)62(59(56)39-47)50-20-8-3-9-21-50/h1-40H. The number of para-hydroxylation sites is 1. The average Bonchev–Trinajstić information content (AvgIpc) is 3.69. The molecule has 1 heterocycles. The summed E-state index contributed by atoms with van der Waals surface area (Å²) < 4.78 is 2.44. The van der Waals surface area contributed by atoms with E-state index in [1.165, 1.54) is 81.9 Å². The summed E-state index contributed by atoms with van der Waals surface area (Å²) in [6, 6.07) is 88.6. The Labute approximate surface area is 360 Å². The molecule has 0 bridgehead atoms. The quantitative estimate of drug-likeness (QED) is 0.146. The number of aromatic nitrogens is 1. The van der Waals surface area contributed by atoms with Gasteiger partial charge in [-0.25, -0.2) is 0 Å². The molecule has 0 spiro atoms. The van der Waals surface area contributed by atoms with Crippen LogP contribution in [0.5, 0.6) is 0 Å². The van der Waals surface area contributed by atoms with Crippen LogP contribution in [0.15, 0.2) is 243 Å². The Morgan fingerprint density at radius 2 is 0.758 bits per heavy atom. The van der Waals surface area contributed by atoms with Crippen molar-refractivity contribution in [3.63, 3.8) is 0 Å². The molecule has 0 unspecified atom stereocenters. The van der Waals surface area contributed by atoms with Crippen molar-refractivity contribution in [2.45, 2.75) is 0 Å². The zero-order valence-corrected chi connectivity index (χ0v) is 34.0. The lowest BCUT2D eigenvalue weighted by Gasteiger charge is -2.27. The Morgan fingerprint density at radius 3 is 1.45 bits per heavy atom. The predicted molar refractivity (Wildman–Crippen MR) is 264 cm³/mol. The van der Waals surface area contributed by atoms with Crippen molar-refractivity contribution < 1.29 is 0 Å². The van der Waals surface area contributed by atoms with Crippen LogP contribution in [-0.2, 0) is 0 Å². The second kappa shape index (κ2) is 14.8. The van der Waals surface area contributed by atoms with Gasteiger partial charge < -0.3 is 9.47 Å².